The van der Waals surface area contributed by atoms with Gasteiger partial charge >= 0.3 is 0 Å². The van der Waals surface area contributed by atoms with E-state index in [1.165, 1.54) is 0 Å². The number of nitrogens with one attached hydrogen (secondary N) is 3. The summed E-state index contributed by atoms with van der Waals surface area (Å²) in [5.41, 5.74) is 3.09. The zero-order valence-corrected chi connectivity index (χ0v) is 19.7. The van der Waals surface area contributed by atoms with Gasteiger partial charge in [0.15, 0.2) is 5.96 Å². The minimum atomic E-state index is -0.215. The topological polar surface area (TPSA) is 65.5 Å². The number of hydrogen-bond donors (Lipinski definition) is 3. The van der Waals surface area contributed by atoms with Gasteiger partial charge in [-0.2, -0.15) is 0 Å². The molecule has 29 heavy (non-hydrogen) atoms. The van der Waals surface area contributed by atoms with Crippen molar-refractivity contribution in [1.29, 1.82) is 0 Å². The van der Waals surface area contributed by atoms with Crippen LogP contribution in [0.4, 0.5) is 4.39 Å². The maximum absolute atomic E-state index is 13.8. The molecule has 3 N–H and O–H groups in total. The van der Waals surface area contributed by atoms with E-state index >= 15 is 0 Å². The van der Waals surface area contributed by atoms with Gasteiger partial charge in [0.25, 0.3) is 5.91 Å². The Morgan fingerprint density at radius 1 is 1.17 bits per heavy atom. The number of amides is 1. The third kappa shape index (κ3) is 7.64. The zero-order chi connectivity index (χ0) is 20.5. The standard InChI is InChI=1S/C22H29FN4O.HI/c1-5-11-25-21(28)19-8-6-7-17(12-19)14-26-22(24-4)27-16(3)18-10-9-15(2)20(23)13-18;/h6-10,12-13,16H,5,11,14H2,1-4H3,(H,25,28)(H2,24,26,27);1H. The molecule has 0 bridgehead atoms. The molecule has 5 nitrogen and oxygen atoms in total. The van der Waals surface area contributed by atoms with Crippen LogP contribution in [0.15, 0.2) is 47.5 Å². The van der Waals surface area contributed by atoms with Gasteiger partial charge in [-0.25, -0.2) is 4.39 Å². The minimum absolute atomic E-state index is 0. The summed E-state index contributed by atoms with van der Waals surface area (Å²) < 4.78 is 13.8. The fraction of sp³-hybridized carbons (Fsp3) is 0.364. The lowest BCUT2D eigenvalue weighted by molar-refractivity contribution is 0.0953. The van der Waals surface area contributed by atoms with E-state index in [2.05, 4.69) is 20.9 Å². The highest BCUT2D eigenvalue weighted by Crippen LogP contribution is 2.16. The normalized spacial score (nSPS) is 12.0. The van der Waals surface area contributed by atoms with Crippen molar-refractivity contribution in [2.24, 2.45) is 4.99 Å². The van der Waals surface area contributed by atoms with Gasteiger partial charge < -0.3 is 16.0 Å². The molecule has 2 aromatic carbocycles. The summed E-state index contributed by atoms with van der Waals surface area (Å²) in [5, 5.41) is 9.37. The number of halogens is 2. The molecule has 0 aliphatic carbocycles. The number of rotatable bonds is 7. The molecule has 2 aromatic rings. The Bertz CT molecular complexity index is 841. The van der Waals surface area contributed by atoms with Gasteiger partial charge in [0.05, 0.1) is 6.04 Å². The number of carbonyl (C=O) groups excluding carboxylic acids is 1. The van der Waals surface area contributed by atoms with Crippen LogP contribution < -0.4 is 16.0 Å². The fourth-order valence-electron chi connectivity index (χ4n) is 2.71. The maximum atomic E-state index is 13.8. The van der Waals surface area contributed by atoms with Gasteiger partial charge in [-0.05, 0) is 55.2 Å². The molecule has 0 fully saturated rings. The Kier molecular flexibility index (Phi) is 10.6. The van der Waals surface area contributed by atoms with Gasteiger partial charge in [0, 0.05) is 25.7 Å². The second kappa shape index (κ2) is 12.4. The number of carbonyl (C=O) groups is 1. The minimum Gasteiger partial charge on any atom is -0.352 e. The summed E-state index contributed by atoms with van der Waals surface area (Å²) in [4.78, 5) is 16.3. The summed E-state index contributed by atoms with van der Waals surface area (Å²) in [6.07, 6.45) is 0.901. The van der Waals surface area contributed by atoms with E-state index in [1.807, 2.05) is 38.1 Å². The third-order valence-electron chi connectivity index (χ3n) is 4.46. The molecule has 7 heteroatoms. The van der Waals surface area contributed by atoms with Crippen LogP contribution in [0, 0.1) is 12.7 Å². The molecule has 0 spiro atoms. The highest BCUT2D eigenvalue weighted by atomic mass is 127. The molecule has 1 unspecified atom stereocenters. The third-order valence-corrected chi connectivity index (χ3v) is 4.46. The smallest absolute Gasteiger partial charge is 0.251 e. The molecule has 2 rings (SSSR count). The van der Waals surface area contributed by atoms with Crippen molar-refractivity contribution in [2.45, 2.75) is 39.8 Å². The first kappa shape index (κ1) is 24.9. The number of nitrogens with zero attached hydrogens (tertiary/aromatic N) is 1. The second-order valence-corrected chi connectivity index (χ2v) is 6.76. The van der Waals surface area contributed by atoms with Gasteiger partial charge in [0.2, 0.25) is 0 Å². The lowest BCUT2D eigenvalue weighted by Crippen LogP contribution is -2.38. The van der Waals surface area contributed by atoms with Gasteiger partial charge in [0.1, 0.15) is 5.82 Å². The molecule has 158 valence electrons. The number of aliphatic imine (C=N–C) groups is 1. The monoisotopic (exact) mass is 512 g/mol. The van der Waals surface area contributed by atoms with Crippen molar-refractivity contribution >= 4 is 35.8 Å². The zero-order valence-electron chi connectivity index (χ0n) is 17.4. The van der Waals surface area contributed by atoms with Crippen molar-refractivity contribution in [3.8, 4) is 0 Å². The predicted octanol–water partition coefficient (Wildman–Crippen LogP) is 4.32. The highest BCUT2D eigenvalue weighted by Gasteiger charge is 2.10. The first-order chi connectivity index (χ1) is 13.4. The van der Waals surface area contributed by atoms with Gasteiger partial charge in [-0.3, -0.25) is 9.79 Å². The molecule has 0 aliphatic rings. The largest absolute Gasteiger partial charge is 0.352 e. The SMILES string of the molecule is CCCNC(=O)c1cccc(CNC(=NC)NC(C)c2ccc(C)c(F)c2)c1.I. The summed E-state index contributed by atoms with van der Waals surface area (Å²) in [6.45, 7) is 6.90. The summed E-state index contributed by atoms with van der Waals surface area (Å²) >= 11 is 0. The molecule has 1 amide bonds. The Labute approximate surface area is 189 Å². The van der Waals surface area contributed by atoms with Crippen molar-refractivity contribution in [1.82, 2.24) is 16.0 Å². The van der Waals surface area contributed by atoms with Crippen LogP contribution in [0.1, 0.15) is 53.4 Å². The van der Waals surface area contributed by atoms with E-state index in [4.69, 9.17) is 0 Å². The van der Waals surface area contributed by atoms with Crippen LogP contribution in [0.25, 0.3) is 0 Å². The molecule has 1 atom stereocenters. The summed E-state index contributed by atoms with van der Waals surface area (Å²) in [5.74, 6) is 0.322. The van der Waals surface area contributed by atoms with E-state index < -0.39 is 0 Å². The molecule has 0 aliphatic heterocycles. The van der Waals surface area contributed by atoms with E-state index in [1.54, 1.807) is 32.2 Å². The van der Waals surface area contributed by atoms with Crippen molar-refractivity contribution in [3.05, 3.63) is 70.5 Å². The van der Waals surface area contributed by atoms with Crippen LogP contribution in [-0.2, 0) is 6.54 Å². The van der Waals surface area contributed by atoms with Crippen LogP contribution in [0.5, 0.6) is 0 Å². The Morgan fingerprint density at radius 3 is 2.59 bits per heavy atom. The Morgan fingerprint density at radius 2 is 1.93 bits per heavy atom. The number of benzene rings is 2. The Balaban J connectivity index is 0.00000420. The summed E-state index contributed by atoms with van der Waals surface area (Å²) in [6, 6.07) is 12.6. The lowest BCUT2D eigenvalue weighted by Gasteiger charge is -2.19. The van der Waals surface area contributed by atoms with Crippen LogP contribution in [0.3, 0.4) is 0 Å². The first-order valence-electron chi connectivity index (χ1n) is 9.55. The molecule has 0 saturated carbocycles. The van der Waals surface area contributed by atoms with Crippen molar-refractivity contribution in [2.75, 3.05) is 13.6 Å². The number of aryl methyl sites for hydroxylation is 1. The molecule has 0 radical (unpaired) electrons. The number of hydrogen-bond acceptors (Lipinski definition) is 2. The highest BCUT2D eigenvalue weighted by molar-refractivity contribution is 14.0. The van der Waals surface area contributed by atoms with Crippen LogP contribution in [-0.4, -0.2) is 25.5 Å². The lowest BCUT2D eigenvalue weighted by atomic mass is 10.1. The molecule has 0 heterocycles. The van der Waals surface area contributed by atoms with Crippen molar-refractivity contribution < 1.29 is 9.18 Å². The summed E-state index contributed by atoms with van der Waals surface area (Å²) in [7, 11) is 1.69. The Hall–Kier alpha value is -2.16. The molecular formula is C22H30FIN4O. The average Bonchev–Trinajstić information content (AvgIpc) is 2.71. The van der Waals surface area contributed by atoms with E-state index in [0.717, 1.165) is 17.5 Å². The average molecular weight is 512 g/mol. The van der Waals surface area contributed by atoms with Gasteiger partial charge in [-0.15, -0.1) is 24.0 Å². The van der Waals surface area contributed by atoms with Crippen LogP contribution in [0.2, 0.25) is 0 Å². The second-order valence-electron chi connectivity index (χ2n) is 6.76. The van der Waals surface area contributed by atoms with Gasteiger partial charge in [-0.1, -0.05) is 31.2 Å². The van der Waals surface area contributed by atoms with Crippen LogP contribution >= 0.6 is 24.0 Å². The molecule has 0 saturated heterocycles. The first-order valence-corrected chi connectivity index (χ1v) is 9.55. The van der Waals surface area contributed by atoms with E-state index in [9.17, 15) is 9.18 Å². The predicted molar refractivity (Wildman–Crippen MR) is 127 cm³/mol. The van der Waals surface area contributed by atoms with E-state index in [0.29, 0.717) is 30.2 Å². The maximum Gasteiger partial charge on any atom is 0.251 e. The molecular weight excluding hydrogens is 482 g/mol. The fourth-order valence-corrected chi connectivity index (χ4v) is 2.71. The molecule has 0 aromatic heterocycles. The van der Waals surface area contributed by atoms with Crippen molar-refractivity contribution in [3.63, 3.8) is 0 Å². The number of guanidine groups is 1. The van der Waals surface area contributed by atoms with E-state index in [-0.39, 0.29) is 41.7 Å². The quantitative estimate of drug-likeness (QED) is 0.294.